The van der Waals surface area contributed by atoms with E-state index in [9.17, 15) is 8.42 Å². The molecule has 1 aromatic heterocycles. The van der Waals surface area contributed by atoms with E-state index in [0.717, 1.165) is 5.56 Å². The van der Waals surface area contributed by atoms with Crippen molar-refractivity contribution in [3.8, 4) is 6.07 Å². The van der Waals surface area contributed by atoms with Crippen LogP contribution in [0.15, 0.2) is 60.0 Å². The summed E-state index contributed by atoms with van der Waals surface area (Å²) in [6.07, 6.45) is 3.05. The van der Waals surface area contributed by atoms with Crippen LogP contribution in [0.3, 0.4) is 0 Å². The number of nitriles is 1. The molecule has 0 saturated carbocycles. The van der Waals surface area contributed by atoms with Gasteiger partial charge in [-0.2, -0.15) is 10.4 Å². The number of nitrogens with one attached hydrogen (secondary N) is 1. The maximum atomic E-state index is 12.4. The highest BCUT2D eigenvalue weighted by Gasteiger charge is 2.16. The van der Waals surface area contributed by atoms with Crippen LogP contribution in [0.1, 0.15) is 11.1 Å². The summed E-state index contributed by atoms with van der Waals surface area (Å²) in [5.41, 5.74) is 1.59. The smallest absolute Gasteiger partial charge is 0.261 e. The number of sulfonamides is 1. The summed E-state index contributed by atoms with van der Waals surface area (Å²) in [7, 11) is -3.80. The third kappa shape index (κ3) is 3.96. The SMILES string of the molecule is N#Cc1ccc(S(=O)(=O)Nc2ccc(Cn3cncn3)cc2)cc1Cl. The second-order valence-electron chi connectivity index (χ2n) is 5.15. The van der Waals surface area contributed by atoms with Gasteiger partial charge in [-0.1, -0.05) is 23.7 Å². The monoisotopic (exact) mass is 373 g/mol. The van der Waals surface area contributed by atoms with Gasteiger partial charge in [-0.25, -0.2) is 18.1 Å². The minimum Gasteiger partial charge on any atom is -0.280 e. The molecule has 1 heterocycles. The number of hydrogen-bond acceptors (Lipinski definition) is 5. The van der Waals surface area contributed by atoms with E-state index in [1.165, 1.54) is 24.5 Å². The van der Waals surface area contributed by atoms with E-state index < -0.39 is 10.0 Å². The molecular weight excluding hydrogens is 362 g/mol. The molecule has 1 N–H and O–H groups in total. The molecule has 126 valence electrons. The first-order valence-electron chi connectivity index (χ1n) is 7.12. The Morgan fingerprint density at radius 1 is 1.20 bits per heavy atom. The van der Waals surface area contributed by atoms with Crippen LogP contribution in [0.4, 0.5) is 5.69 Å². The Hall–Kier alpha value is -2.89. The van der Waals surface area contributed by atoms with Crippen molar-refractivity contribution in [2.75, 3.05) is 4.72 Å². The fraction of sp³-hybridized carbons (Fsp3) is 0.0625. The second-order valence-corrected chi connectivity index (χ2v) is 7.24. The highest BCUT2D eigenvalue weighted by atomic mass is 35.5. The standard InChI is InChI=1S/C16H12ClN5O2S/c17-16-7-15(6-3-13(16)8-18)25(23,24)21-14-4-1-12(2-5-14)9-22-11-19-10-20-22/h1-7,10-11,21H,9H2. The summed E-state index contributed by atoms with van der Waals surface area (Å²) >= 11 is 5.90. The van der Waals surface area contributed by atoms with Crippen molar-refractivity contribution in [3.63, 3.8) is 0 Å². The highest BCUT2D eigenvalue weighted by Crippen LogP contribution is 2.22. The van der Waals surface area contributed by atoms with E-state index in [1.54, 1.807) is 35.3 Å². The third-order valence-electron chi connectivity index (χ3n) is 3.39. The number of rotatable bonds is 5. The first kappa shape index (κ1) is 17.0. The molecule has 3 rings (SSSR count). The van der Waals surface area contributed by atoms with Crippen molar-refractivity contribution in [1.82, 2.24) is 14.8 Å². The van der Waals surface area contributed by atoms with Crippen molar-refractivity contribution in [1.29, 1.82) is 5.26 Å². The quantitative estimate of drug-likeness (QED) is 0.740. The number of halogens is 1. The number of aromatic nitrogens is 3. The van der Waals surface area contributed by atoms with E-state index in [1.807, 2.05) is 6.07 Å². The molecule has 0 atom stereocenters. The Kier molecular flexibility index (Phi) is 4.70. The van der Waals surface area contributed by atoms with Gasteiger partial charge in [0, 0.05) is 5.69 Å². The van der Waals surface area contributed by atoms with E-state index in [0.29, 0.717) is 12.2 Å². The minimum atomic E-state index is -3.80. The van der Waals surface area contributed by atoms with Crippen molar-refractivity contribution >= 4 is 27.3 Å². The average Bonchev–Trinajstić information content (AvgIpc) is 3.09. The van der Waals surface area contributed by atoms with Gasteiger partial charge in [-0.15, -0.1) is 0 Å². The first-order chi connectivity index (χ1) is 12.0. The molecule has 0 aliphatic carbocycles. The molecule has 0 unspecified atom stereocenters. The normalized spacial score (nSPS) is 11.0. The lowest BCUT2D eigenvalue weighted by atomic mass is 10.2. The Labute approximate surface area is 149 Å². The molecular formula is C16H12ClN5O2S. The minimum absolute atomic E-state index is 0.0109. The maximum Gasteiger partial charge on any atom is 0.261 e. The van der Waals surface area contributed by atoms with Gasteiger partial charge in [0.1, 0.15) is 18.7 Å². The molecule has 0 fully saturated rings. The molecule has 0 radical (unpaired) electrons. The maximum absolute atomic E-state index is 12.4. The Balaban J connectivity index is 1.76. The zero-order valence-electron chi connectivity index (χ0n) is 12.8. The zero-order chi connectivity index (χ0) is 17.9. The van der Waals surface area contributed by atoms with Gasteiger partial charge in [0.15, 0.2) is 0 Å². The second kappa shape index (κ2) is 6.93. The van der Waals surface area contributed by atoms with E-state index >= 15 is 0 Å². The van der Waals surface area contributed by atoms with E-state index in [2.05, 4.69) is 14.8 Å². The van der Waals surface area contributed by atoms with Crippen LogP contribution in [0.5, 0.6) is 0 Å². The van der Waals surface area contributed by atoms with Gasteiger partial charge in [0.2, 0.25) is 0 Å². The molecule has 2 aromatic carbocycles. The summed E-state index contributed by atoms with van der Waals surface area (Å²) in [6.45, 7) is 0.540. The summed E-state index contributed by atoms with van der Waals surface area (Å²) in [6, 6.07) is 12.8. The molecule has 0 spiro atoms. The Morgan fingerprint density at radius 2 is 1.96 bits per heavy atom. The predicted molar refractivity (Wildman–Crippen MR) is 92.5 cm³/mol. The van der Waals surface area contributed by atoms with Crippen molar-refractivity contribution in [2.45, 2.75) is 11.4 Å². The molecule has 0 aliphatic heterocycles. The molecule has 25 heavy (non-hydrogen) atoms. The van der Waals surface area contributed by atoms with E-state index in [4.69, 9.17) is 16.9 Å². The summed E-state index contributed by atoms with van der Waals surface area (Å²) < 4.78 is 29.0. The fourth-order valence-electron chi connectivity index (χ4n) is 2.15. The fourth-order valence-corrected chi connectivity index (χ4v) is 3.52. The van der Waals surface area contributed by atoms with Gasteiger partial charge in [0.05, 0.1) is 22.0 Å². The lowest BCUT2D eigenvalue weighted by Gasteiger charge is -2.09. The Morgan fingerprint density at radius 3 is 2.56 bits per heavy atom. The van der Waals surface area contributed by atoms with Crippen molar-refractivity contribution < 1.29 is 8.42 Å². The molecule has 0 saturated heterocycles. The largest absolute Gasteiger partial charge is 0.280 e. The number of hydrogen-bond donors (Lipinski definition) is 1. The van der Waals surface area contributed by atoms with Crippen LogP contribution >= 0.6 is 11.6 Å². The molecule has 0 amide bonds. The lowest BCUT2D eigenvalue weighted by molar-refractivity contribution is 0.601. The van der Waals surface area contributed by atoms with Gasteiger partial charge >= 0.3 is 0 Å². The Bertz CT molecular complexity index is 1030. The van der Waals surface area contributed by atoms with Crippen LogP contribution in [0.2, 0.25) is 5.02 Å². The predicted octanol–water partition coefficient (Wildman–Crippen LogP) is 2.65. The van der Waals surface area contributed by atoms with Gasteiger partial charge in [-0.3, -0.25) is 4.72 Å². The van der Waals surface area contributed by atoms with Crippen LogP contribution in [0, 0.1) is 11.3 Å². The molecule has 0 bridgehead atoms. The zero-order valence-corrected chi connectivity index (χ0v) is 14.4. The van der Waals surface area contributed by atoms with Crippen LogP contribution in [0.25, 0.3) is 0 Å². The summed E-state index contributed by atoms with van der Waals surface area (Å²) in [4.78, 5) is 3.86. The van der Waals surface area contributed by atoms with Crippen molar-refractivity contribution in [2.24, 2.45) is 0 Å². The molecule has 9 heteroatoms. The van der Waals surface area contributed by atoms with E-state index in [-0.39, 0.29) is 15.5 Å². The van der Waals surface area contributed by atoms with Crippen LogP contribution in [-0.4, -0.2) is 23.2 Å². The van der Waals surface area contributed by atoms with Gasteiger partial charge in [0.25, 0.3) is 10.0 Å². The van der Waals surface area contributed by atoms with Crippen LogP contribution in [-0.2, 0) is 16.6 Å². The molecule has 3 aromatic rings. The number of anilines is 1. The summed E-state index contributed by atoms with van der Waals surface area (Å²) in [5.74, 6) is 0. The lowest BCUT2D eigenvalue weighted by Crippen LogP contribution is -2.13. The third-order valence-corrected chi connectivity index (χ3v) is 5.08. The molecule has 0 aliphatic rings. The van der Waals surface area contributed by atoms with Gasteiger partial charge < -0.3 is 0 Å². The van der Waals surface area contributed by atoms with Gasteiger partial charge in [-0.05, 0) is 35.9 Å². The van der Waals surface area contributed by atoms with Crippen LogP contribution < -0.4 is 4.72 Å². The number of benzene rings is 2. The topological polar surface area (TPSA) is 101 Å². The summed E-state index contributed by atoms with van der Waals surface area (Å²) in [5, 5.41) is 13.0. The average molecular weight is 374 g/mol. The first-order valence-corrected chi connectivity index (χ1v) is 8.98. The molecule has 7 nitrogen and oxygen atoms in total. The van der Waals surface area contributed by atoms with Crippen molar-refractivity contribution in [3.05, 3.63) is 71.3 Å². The number of nitrogens with zero attached hydrogens (tertiary/aromatic N) is 4. The highest BCUT2D eigenvalue weighted by molar-refractivity contribution is 7.92.